The van der Waals surface area contributed by atoms with E-state index in [0.29, 0.717) is 5.56 Å². The molecule has 4 amide bonds. The highest BCUT2D eigenvalue weighted by atomic mass is 32.2. The summed E-state index contributed by atoms with van der Waals surface area (Å²) in [6.45, 7) is 0. The van der Waals surface area contributed by atoms with Crippen LogP contribution in [0.4, 0.5) is 29.3 Å². The second-order valence-electron chi connectivity index (χ2n) is 8.73. The Morgan fingerprint density at radius 1 is 1.13 bits per heavy atom. The van der Waals surface area contributed by atoms with Crippen LogP contribution in [0.2, 0.25) is 0 Å². The Bertz CT molecular complexity index is 1260. The molecule has 202 valence electrons. The zero-order valence-corrected chi connectivity index (χ0v) is 20.9. The van der Waals surface area contributed by atoms with Crippen molar-refractivity contribution in [3.8, 4) is 0 Å². The highest BCUT2D eigenvalue weighted by Crippen LogP contribution is 2.35. The summed E-state index contributed by atoms with van der Waals surface area (Å²) in [6, 6.07) is 9.42. The number of benzene rings is 2. The summed E-state index contributed by atoms with van der Waals surface area (Å²) in [4.78, 5) is 51.1. The van der Waals surface area contributed by atoms with Gasteiger partial charge < -0.3 is 10.2 Å². The monoisotopic (exact) mass is 552 g/mol. The maximum Gasteiger partial charge on any atom is 0.416 e. The van der Waals surface area contributed by atoms with E-state index < -0.39 is 58.1 Å². The number of urea groups is 1. The Balaban J connectivity index is 1.53. The molecule has 2 aromatic rings. The fourth-order valence-corrected chi connectivity index (χ4v) is 5.42. The van der Waals surface area contributed by atoms with E-state index in [4.69, 9.17) is 0 Å². The predicted molar refractivity (Wildman–Crippen MR) is 132 cm³/mol. The smallest absolute Gasteiger partial charge is 0.325 e. The molecule has 0 spiro atoms. The van der Waals surface area contributed by atoms with Gasteiger partial charge in [0.15, 0.2) is 0 Å². The van der Waals surface area contributed by atoms with Gasteiger partial charge in [-0.2, -0.15) is 13.2 Å². The molecule has 0 aromatic heterocycles. The fraction of sp³-hybridized carbons (Fsp3) is 0.348. The van der Waals surface area contributed by atoms with Crippen molar-refractivity contribution in [2.24, 2.45) is 5.92 Å². The molecule has 2 aliphatic heterocycles. The van der Waals surface area contributed by atoms with E-state index in [1.54, 1.807) is 0 Å². The van der Waals surface area contributed by atoms with E-state index in [0.717, 1.165) is 28.8 Å². The van der Waals surface area contributed by atoms with E-state index >= 15 is 0 Å². The van der Waals surface area contributed by atoms with Crippen LogP contribution in [0.25, 0.3) is 0 Å². The number of fused-ring (bicyclic) bond motifs is 1. The third kappa shape index (κ3) is 5.58. The average molecular weight is 553 g/mol. The van der Waals surface area contributed by atoms with Gasteiger partial charge in [-0.3, -0.25) is 35.2 Å². The predicted octanol–water partition coefficient (Wildman–Crippen LogP) is 2.97. The van der Waals surface area contributed by atoms with Gasteiger partial charge in [0.05, 0.1) is 39.9 Å². The number of nitrogens with one attached hydrogen (secondary N) is 3. The van der Waals surface area contributed by atoms with Crippen LogP contribution in [-0.4, -0.2) is 64.0 Å². The summed E-state index contributed by atoms with van der Waals surface area (Å²) in [5.41, 5.74) is -0.439. The van der Waals surface area contributed by atoms with E-state index in [2.05, 4.69) is 16.0 Å². The van der Waals surface area contributed by atoms with Gasteiger partial charge in [0.1, 0.15) is 0 Å². The number of hydrogen-bond donors (Lipinski definition) is 3. The lowest BCUT2D eigenvalue weighted by Gasteiger charge is -2.50. The Labute approximate surface area is 218 Å². The molecule has 0 radical (unpaired) electrons. The summed E-state index contributed by atoms with van der Waals surface area (Å²) in [7, 11) is 2.87. The number of alkyl halides is 3. The SMILES string of the molecule is CN1C(=O)C2C(SCC(=O)Nc3cccc(C(F)(F)F)c3)NC(c3ccc([N+](=O)[O-])cc3)NC2N(C)C1=O. The summed E-state index contributed by atoms with van der Waals surface area (Å²) < 4.78 is 39.0. The highest BCUT2D eigenvalue weighted by molar-refractivity contribution is 8.00. The normalized spacial score (nSPS) is 23.7. The second-order valence-corrected chi connectivity index (χ2v) is 9.86. The van der Waals surface area contributed by atoms with Gasteiger partial charge in [-0.15, -0.1) is 11.8 Å². The molecule has 2 fully saturated rings. The first-order valence-electron chi connectivity index (χ1n) is 11.3. The fourth-order valence-electron chi connectivity index (χ4n) is 4.32. The number of nitro groups is 1. The lowest BCUT2D eigenvalue weighted by molar-refractivity contribution is -0.384. The van der Waals surface area contributed by atoms with Crippen LogP contribution in [0.1, 0.15) is 17.3 Å². The van der Waals surface area contributed by atoms with Gasteiger partial charge >= 0.3 is 12.2 Å². The first-order valence-corrected chi connectivity index (χ1v) is 12.3. The van der Waals surface area contributed by atoms with Crippen LogP contribution >= 0.6 is 11.8 Å². The van der Waals surface area contributed by atoms with E-state index in [-0.39, 0.29) is 17.1 Å². The Morgan fingerprint density at radius 3 is 2.45 bits per heavy atom. The van der Waals surface area contributed by atoms with Crippen molar-refractivity contribution >= 4 is 41.0 Å². The minimum absolute atomic E-state index is 0.0239. The highest BCUT2D eigenvalue weighted by Gasteiger charge is 2.51. The lowest BCUT2D eigenvalue weighted by atomic mass is 9.96. The molecule has 38 heavy (non-hydrogen) atoms. The van der Waals surface area contributed by atoms with E-state index in [9.17, 15) is 37.7 Å². The average Bonchev–Trinajstić information content (AvgIpc) is 2.88. The number of anilines is 1. The molecule has 0 aliphatic carbocycles. The molecule has 2 heterocycles. The summed E-state index contributed by atoms with van der Waals surface area (Å²) in [5, 5.41) is 19.2. The largest absolute Gasteiger partial charge is 0.416 e. The number of thioether (sulfide) groups is 1. The molecule has 0 bridgehead atoms. The number of rotatable bonds is 6. The molecule has 2 saturated heterocycles. The minimum atomic E-state index is -4.56. The van der Waals surface area contributed by atoms with Crippen LogP contribution in [-0.2, 0) is 15.8 Å². The quantitative estimate of drug-likeness (QED) is 0.368. The van der Waals surface area contributed by atoms with Gasteiger partial charge in [-0.1, -0.05) is 6.07 Å². The summed E-state index contributed by atoms with van der Waals surface area (Å²) in [5.74, 6) is -2.07. The van der Waals surface area contributed by atoms with Crippen LogP contribution < -0.4 is 16.0 Å². The Morgan fingerprint density at radius 2 is 1.82 bits per heavy atom. The zero-order valence-electron chi connectivity index (χ0n) is 20.1. The van der Waals surface area contributed by atoms with Crippen molar-refractivity contribution in [1.29, 1.82) is 0 Å². The number of nitrogens with zero attached hydrogens (tertiary/aromatic N) is 3. The van der Waals surface area contributed by atoms with Gasteiger partial charge in [0, 0.05) is 31.9 Å². The summed E-state index contributed by atoms with van der Waals surface area (Å²) in [6.07, 6.45) is -5.95. The number of carbonyl (C=O) groups is 3. The van der Waals surface area contributed by atoms with Gasteiger partial charge in [0.25, 0.3) is 5.69 Å². The van der Waals surface area contributed by atoms with Crippen LogP contribution in [0.15, 0.2) is 48.5 Å². The van der Waals surface area contributed by atoms with Crippen LogP contribution in [0.3, 0.4) is 0 Å². The third-order valence-corrected chi connectivity index (χ3v) is 7.48. The topological polar surface area (TPSA) is 137 Å². The number of halogens is 3. The van der Waals surface area contributed by atoms with Crippen molar-refractivity contribution in [3.05, 3.63) is 69.8 Å². The van der Waals surface area contributed by atoms with Crippen LogP contribution in [0, 0.1) is 16.0 Å². The molecule has 11 nitrogen and oxygen atoms in total. The Kier molecular flexibility index (Phi) is 7.62. The molecular formula is C23H23F3N6O5S. The van der Waals surface area contributed by atoms with Crippen molar-refractivity contribution in [2.75, 3.05) is 25.2 Å². The first kappa shape index (κ1) is 27.3. The van der Waals surface area contributed by atoms with Crippen molar-refractivity contribution in [3.63, 3.8) is 0 Å². The molecule has 15 heteroatoms. The molecule has 4 atom stereocenters. The number of hydrogen-bond acceptors (Lipinski definition) is 8. The Hall–Kier alpha value is -3.69. The van der Waals surface area contributed by atoms with Gasteiger partial charge in [-0.25, -0.2) is 4.79 Å². The number of non-ortho nitro benzene ring substituents is 1. The molecule has 4 unspecified atom stereocenters. The van der Waals surface area contributed by atoms with E-state index in [1.165, 1.54) is 55.4 Å². The third-order valence-electron chi connectivity index (χ3n) is 6.26. The standard InChI is InChI=1S/C23H23F3N6O5S/c1-30-19-17(21(34)31(2)22(30)35)20(29-18(28-19)12-6-8-15(9-7-12)32(36)37)38-11-16(33)27-14-5-3-4-13(10-14)23(24,25)26/h3-10,17-20,28-29H,11H2,1-2H3,(H,27,33). The minimum Gasteiger partial charge on any atom is -0.325 e. The van der Waals surface area contributed by atoms with Gasteiger partial charge in [0.2, 0.25) is 11.8 Å². The van der Waals surface area contributed by atoms with E-state index in [1.807, 2.05) is 0 Å². The number of carbonyl (C=O) groups excluding carboxylic acids is 3. The number of amides is 4. The summed E-state index contributed by atoms with van der Waals surface area (Å²) >= 11 is 1.06. The second kappa shape index (κ2) is 10.6. The van der Waals surface area contributed by atoms with Crippen LogP contribution in [0.5, 0.6) is 0 Å². The maximum absolute atomic E-state index is 13.1. The van der Waals surface area contributed by atoms with Crippen molar-refractivity contribution in [2.45, 2.75) is 23.9 Å². The number of nitro benzene ring substituents is 1. The molecular weight excluding hydrogens is 529 g/mol. The maximum atomic E-state index is 13.1. The molecule has 3 N–H and O–H groups in total. The molecule has 4 rings (SSSR count). The number of imide groups is 1. The molecule has 2 aliphatic rings. The zero-order chi connectivity index (χ0) is 27.8. The molecule has 0 saturated carbocycles. The lowest BCUT2D eigenvalue weighted by Crippen LogP contribution is -2.72. The van der Waals surface area contributed by atoms with Crippen molar-refractivity contribution in [1.82, 2.24) is 20.4 Å². The van der Waals surface area contributed by atoms with Crippen molar-refractivity contribution < 1.29 is 32.5 Å². The van der Waals surface area contributed by atoms with Gasteiger partial charge in [-0.05, 0) is 35.9 Å². The first-order chi connectivity index (χ1) is 17.9. The molecule has 2 aromatic carbocycles.